The molecule has 2 aromatic carbocycles. The molecule has 1 saturated carbocycles. The van der Waals surface area contributed by atoms with Crippen LogP contribution in [0.5, 0.6) is 5.75 Å². The Morgan fingerprint density at radius 3 is 2.67 bits per heavy atom. The van der Waals surface area contributed by atoms with Crippen LogP contribution in [-0.4, -0.2) is 12.2 Å². The molecule has 3 heteroatoms. The number of ether oxygens (including phenoxy) is 1. The maximum absolute atomic E-state index is 10.7. The summed E-state index contributed by atoms with van der Waals surface area (Å²) >= 11 is 3.46. The quantitative estimate of drug-likeness (QED) is 0.860. The predicted molar refractivity (Wildman–Crippen MR) is 87.8 cm³/mol. The summed E-state index contributed by atoms with van der Waals surface area (Å²) in [5.74, 6) is 1.38. The summed E-state index contributed by atoms with van der Waals surface area (Å²) in [6.07, 6.45) is 3.17. The second-order valence-electron chi connectivity index (χ2n) is 5.59. The van der Waals surface area contributed by atoms with E-state index in [9.17, 15) is 5.11 Å². The van der Waals surface area contributed by atoms with Crippen LogP contribution in [0.4, 0.5) is 0 Å². The van der Waals surface area contributed by atoms with Crippen molar-refractivity contribution in [2.45, 2.75) is 31.3 Å². The summed E-state index contributed by atoms with van der Waals surface area (Å²) < 4.78 is 6.31. The van der Waals surface area contributed by atoms with Crippen molar-refractivity contribution in [1.82, 2.24) is 0 Å². The fourth-order valence-corrected chi connectivity index (χ4v) is 3.20. The average Bonchev–Trinajstić information content (AvgIpc) is 2.45. The van der Waals surface area contributed by atoms with Crippen LogP contribution in [-0.2, 0) is 0 Å². The van der Waals surface area contributed by atoms with Gasteiger partial charge in [0.15, 0.2) is 0 Å². The largest absolute Gasteiger partial charge is 0.496 e. The number of halogens is 1. The van der Waals surface area contributed by atoms with Crippen molar-refractivity contribution in [2.75, 3.05) is 7.11 Å². The van der Waals surface area contributed by atoms with Gasteiger partial charge in [0, 0.05) is 10.0 Å². The molecule has 1 fully saturated rings. The van der Waals surface area contributed by atoms with E-state index in [1.54, 1.807) is 7.11 Å². The van der Waals surface area contributed by atoms with Crippen molar-refractivity contribution >= 4 is 15.9 Å². The van der Waals surface area contributed by atoms with Crippen LogP contribution < -0.4 is 4.74 Å². The maximum atomic E-state index is 10.7. The van der Waals surface area contributed by atoms with E-state index in [-0.39, 0.29) is 0 Å². The monoisotopic (exact) mass is 346 g/mol. The lowest BCUT2D eigenvalue weighted by Gasteiger charge is -2.26. The van der Waals surface area contributed by atoms with E-state index in [4.69, 9.17) is 4.74 Å². The average molecular weight is 347 g/mol. The number of aliphatic hydroxyl groups is 1. The third-order valence-electron chi connectivity index (χ3n) is 4.29. The highest BCUT2D eigenvalue weighted by molar-refractivity contribution is 9.10. The highest BCUT2D eigenvalue weighted by Gasteiger charge is 2.21. The molecule has 0 saturated heterocycles. The van der Waals surface area contributed by atoms with Gasteiger partial charge in [-0.2, -0.15) is 0 Å². The summed E-state index contributed by atoms with van der Waals surface area (Å²) in [6.45, 7) is 0. The van der Waals surface area contributed by atoms with Gasteiger partial charge in [-0.25, -0.2) is 0 Å². The third kappa shape index (κ3) is 2.99. The standard InChI is InChI=1S/C18H19BrO2/c1-21-17-9-8-15(19)11-16(17)18(20)14-7-3-6-13(10-14)12-4-2-5-12/h3,6-12,18,20H,2,4-5H2,1H3. The van der Waals surface area contributed by atoms with E-state index in [0.717, 1.165) is 15.6 Å². The number of hydrogen-bond donors (Lipinski definition) is 1. The van der Waals surface area contributed by atoms with Crippen LogP contribution in [0.2, 0.25) is 0 Å². The second kappa shape index (κ2) is 6.20. The smallest absolute Gasteiger partial charge is 0.125 e. The summed E-state index contributed by atoms with van der Waals surface area (Å²) in [6, 6.07) is 14.0. The minimum absolute atomic E-state index is 0.668. The molecule has 1 aliphatic carbocycles. The van der Waals surface area contributed by atoms with Crippen LogP contribution in [0.1, 0.15) is 48.0 Å². The molecule has 1 unspecified atom stereocenters. The number of hydrogen-bond acceptors (Lipinski definition) is 2. The Labute approximate surface area is 133 Å². The Morgan fingerprint density at radius 2 is 2.00 bits per heavy atom. The van der Waals surface area contributed by atoms with Crippen LogP contribution in [0.15, 0.2) is 46.9 Å². The number of benzene rings is 2. The zero-order chi connectivity index (χ0) is 14.8. The summed E-state index contributed by atoms with van der Waals surface area (Å²) in [4.78, 5) is 0. The molecular formula is C18H19BrO2. The minimum Gasteiger partial charge on any atom is -0.496 e. The van der Waals surface area contributed by atoms with Gasteiger partial charge < -0.3 is 9.84 Å². The molecule has 110 valence electrons. The minimum atomic E-state index is -0.669. The van der Waals surface area contributed by atoms with Gasteiger partial charge in [0.05, 0.1) is 7.11 Å². The molecule has 1 atom stereocenters. The Kier molecular flexibility index (Phi) is 4.32. The van der Waals surface area contributed by atoms with Crippen molar-refractivity contribution in [1.29, 1.82) is 0 Å². The molecule has 0 aromatic heterocycles. The number of aliphatic hydroxyl groups excluding tert-OH is 1. The maximum Gasteiger partial charge on any atom is 0.125 e. The van der Waals surface area contributed by atoms with Crippen molar-refractivity contribution in [2.24, 2.45) is 0 Å². The van der Waals surface area contributed by atoms with Gasteiger partial charge in [-0.3, -0.25) is 0 Å². The fraction of sp³-hybridized carbons (Fsp3) is 0.333. The second-order valence-corrected chi connectivity index (χ2v) is 6.50. The molecule has 2 nitrogen and oxygen atoms in total. The summed E-state index contributed by atoms with van der Waals surface area (Å²) in [5, 5.41) is 10.7. The fourth-order valence-electron chi connectivity index (χ4n) is 2.82. The highest BCUT2D eigenvalue weighted by atomic mass is 79.9. The Morgan fingerprint density at radius 1 is 1.19 bits per heavy atom. The first-order chi connectivity index (χ1) is 10.2. The Balaban J connectivity index is 1.94. The van der Waals surface area contributed by atoms with Gasteiger partial charge >= 0.3 is 0 Å². The van der Waals surface area contributed by atoms with Gasteiger partial charge in [-0.1, -0.05) is 46.6 Å². The number of methoxy groups -OCH3 is 1. The molecule has 2 aromatic rings. The van der Waals surface area contributed by atoms with Gasteiger partial charge in [-0.15, -0.1) is 0 Å². The molecule has 0 spiro atoms. The first-order valence-electron chi connectivity index (χ1n) is 7.30. The van der Waals surface area contributed by atoms with E-state index < -0.39 is 6.10 Å². The van der Waals surface area contributed by atoms with E-state index in [1.165, 1.54) is 24.8 Å². The van der Waals surface area contributed by atoms with Gasteiger partial charge in [-0.05, 0) is 48.1 Å². The van der Waals surface area contributed by atoms with Crippen LogP contribution in [0.3, 0.4) is 0 Å². The van der Waals surface area contributed by atoms with E-state index in [2.05, 4.69) is 28.1 Å². The molecule has 0 bridgehead atoms. The summed E-state index contributed by atoms with van der Waals surface area (Å²) in [7, 11) is 1.63. The molecule has 21 heavy (non-hydrogen) atoms. The van der Waals surface area contributed by atoms with Gasteiger partial charge in [0.25, 0.3) is 0 Å². The molecule has 0 aliphatic heterocycles. The molecule has 0 radical (unpaired) electrons. The lowest BCUT2D eigenvalue weighted by Crippen LogP contribution is -2.10. The Bertz CT molecular complexity index is 635. The lowest BCUT2D eigenvalue weighted by molar-refractivity contribution is 0.214. The van der Waals surface area contributed by atoms with Crippen LogP contribution in [0, 0.1) is 0 Å². The highest BCUT2D eigenvalue weighted by Crippen LogP contribution is 2.38. The molecule has 0 amide bonds. The Hall–Kier alpha value is -1.32. The van der Waals surface area contributed by atoms with Crippen LogP contribution in [0.25, 0.3) is 0 Å². The zero-order valence-electron chi connectivity index (χ0n) is 12.1. The van der Waals surface area contributed by atoms with Crippen molar-refractivity contribution in [3.8, 4) is 5.75 Å². The van der Waals surface area contributed by atoms with Crippen molar-refractivity contribution in [3.05, 3.63) is 63.6 Å². The summed E-state index contributed by atoms with van der Waals surface area (Å²) in [5.41, 5.74) is 3.06. The normalized spacial score (nSPS) is 16.3. The third-order valence-corrected chi connectivity index (χ3v) is 4.78. The molecule has 1 aliphatic rings. The first-order valence-corrected chi connectivity index (χ1v) is 8.09. The topological polar surface area (TPSA) is 29.5 Å². The SMILES string of the molecule is COc1ccc(Br)cc1C(O)c1cccc(C2CCC2)c1. The lowest BCUT2D eigenvalue weighted by atomic mass is 9.79. The van der Waals surface area contributed by atoms with Gasteiger partial charge in [0.2, 0.25) is 0 Å². The van der Waals surface area contributed by atoms with Crippen molar-refractivity contribution < 1.29 is 9.84 Å². The van der Waals surface area contributed by atoms with Crippen molar-refractivity contribution in [3.63, 3.8) is 0 Å². The van der Waals surface area contributed by atoms with Gasteiger partial charge in [0.1, 0.15) is 11.9 Å². The van der Waals surface area contributed by atoms with Crippen LogP contribution >= 0.6 is 15.9 Å². The molecular weight excluding hydrogens is 328 g/mol. The number of rotatable bonds is 4. The molecule has 0 heterocycles. The van der Waals surface area contributed by atoms with E-state index in [1.807, 2.05) is 30.3 Å². The zero-order valence-corrected chi connectivity index (χ0v) is 13.6. The molecule has 1 N–H and O–H groups in total. The van der Waals surface area contributed by atoms with E-state index in [0.29, 0.717) is 11.7 Å². The molecule has 3 rings (SSSR count). The predicted octanol–water partition coefficient (Wildman–Crippen LogP) is 4.81. The first kappa shape index (κ1) is 14.6. The van der Waals surface area contributed by atoms with E-state index >= 15 is 0 Å².